The van der Waals surface area contributed by atoms with Gasteiger partial charge in [0.05, 0.1) is 28.4 Å². The number of halogens is 2. The van der Waals surface area contributed by atoms with Crippen LogP contribution in [0.2, 0.25) is 0 Å². The standard InChI is InChI=1S/C30H31F2N7OS/c31-30(32)8-1-9-39(18-30)17-19-11-27(35-23-3-5-24(40)6-4-23)37-28(12-19)38-29-36-25-7-2-21(13-26(25)41-29)22-10-20(14-33)15-34-16-22/h2,7,10-13,15-16,23-24,40H,1,3-6,8-9,17-18H2,(H2,35,36,37,38). The molecule has 0 radical (unpaired) electrons. The first-order chi connectivity index (χ1) is 19.8. The van der Waals surface area contributed by atoms with Gasteiger partial charge in [0, 0.05) is 37.0 Å². The average Bonchev–Trinajstić information content (AvgIpc) is 3.35. The number of anilines is 3. The van der Waals surface area contributed by atoms with Gasteiger partial charge in [0.2, 0.25) is 0 Å². The highest BCUT2D eigenvalue weighted by atomic mass is 32.1. The Morgan fingerprint density at radius 1 is 1.05 bits per heavy atom. The molecule has 0 spiro atoms. The van der Waals surface area contributed by atoms with Crippen LogP contribution in [0.5, 0.6) is 0 Å². The third-order valence-electron chi connectivity index (χ3n) is 7.64. The summed E-state index contributed by atoms with van der Waals surface area (Å²) in [6.07, 6.45) is 6.62. The van der Waals surface area contributed by atoms with Gasteiger partial charge in [-0.1, -0.05) is 17.4 Å². The lowest BCUT2D eigenvalue weighted by Crippen LogP contribution is -2.42. The molecule has 0 atom stereocenters. The second-order valence-corrected chi connectivity index (χ2v) is 12.0. The molecule has 212 valence electrons. The fourth-order valence-corrected chi connectivity index (χ4v) is 6.52. The summed E-state index contributed by atoms with van der Waals surface area (Å²) in [6.45, 7) is 0.801. The third kappa shape index (κ3) is 6.78. The number of rotatable bonds is 7. The molecule has 1 aliphatic carbocycles. The number of piperidine rings is 1. The van der Waals surface area contributed by atoms with Crippen molar-refractivity contribution in [3.8, 4) is 17.2 Å². The van der Waals surface area contributed by atoms with Gasteiger partial charge in [0.25, 0.3) is 5.92 Å². The normalized spacial score (nSPS) is 20.9. The topological polar surface area (TPSA) is 110 Å². The van der Waals surface area contributed by atoms with Crippen molar-refractivity contribution in [1.82, 2.24) is 19.9 Å². The number of hydrogen-bond acceptors (Lipinski definition) is 9. The molecule has 0 amide bonds. The van der Waals surface area contributed by atoms with Crippen LogP contribution in [0.1, 0.15) is 49.7 Å². The Balaban J connectivity index is 1.25. The molecule has 3 N–H and O–H groups in total. The Labute approximate surface area is 241 Å². The van der Waals surface area contributed by atoms with Gasteiger partial charge in [-0.3, -0.25) is 9.88 Å². The SMILES string of the molecule is N#Cc1cncc(-c2ccc3nc(Nc4cc(CN5CCCC(F)(F)C5)cc(NC5CCC(O)CC5)n4)sc3c2)c1. The van der Waals surface area contributed by atoms with Gasteiger partial charge in [0.15, 0.2) is 5.13 Å². The maximum absolute atomic E-state index is 14.1. The second-order valence-electron chi connectivity index (χ2n) is 11.0. The summed E-state index contributed by atoms with van der Waals surface area (Å²) >= 11 is 1.49. The lowest BCUT2D eigenvalue weighted by Gasteiger charge is -2.32. The van der Waals surface area contributed by atoms with Crippen molar-refractivity contribution in [3.05, 3.63) is 59.9 Å². The molecular formula is C30H31F2N7OS. The summed E-state index contributed by atoms with van der Waals surface area (Å²) in [4.78, 5) is 15.5. The molecule has 8 nitrogen and oxygen atoms in total. The van der Waals surface area contributed by atoms with Crippen molar-refractivity contribution >= 4 is 38.3 Å². The van der Waals surface area contributed by atoms with Gasteiger partial charge in [0.1, 0.15) is 17.7 Å². The van der Waals surface area contributed by atoms with Crippen LogP contribution < -0.4 is 10.6 Å². The number of benzene rings is 1. The smallest absolute Gasteiger partial charge is 0.260 e. The fraction of sp³-hybridized carbons (Fsp3) is 0.400. The van der Waals surface area contributed by atoms with E-state index in [1.165, 1.54) is 17.5 Å². The minimum absolute atomic E-state index is 0.0629. The first-order valence-electron chi connectivity index (χ1n) is 13.9. The fourth-order valence-electron chi connectivity index (χ4n) is 5.61. The van der Waals surface area contributed by atoms with Crippen LogP contribution in [-0.4, -0.2) is 56.1 Å². The molecule has 2 fully saturated rings. The van der Waals surface area contributed by atoms with E-state index in [-0.39, 0.29) is 25.1 Å². The van der Waals surface area contributed by atoms with Gasteiger partial charge in [-0.2, -0.15) is 5.26 Å². The van der Waals surface area contributed by atoms with E-state index >= 15 is 0 Å². The van der Waals surface area contributed by atoms with Crippen LogP contribution in [0.25, 0.3) is 21.3 Å². The Morgan fingerprint density at radius 3 is 2.68 bits per heavy atom. The Bertz CT molecular complexity index is 1580. The van der Waals surface area contributed by atoms with E-state index in [9.17, 15) is 19.1 Å². The third-order valence-corrected chi connectivity index (χ3v) is 8.57. The molecule has 1 aromatic carbocycles. The summed E-state index contributed by atoms with van der Waals surface area (Å²) in [5, 5.41) is 26.6. The van der Waals surface area contributed by atoms with Crippen molar-refractivity contribution in [2.24, 2.45) is 0 Å². The van der Waals surface area contributed by atoms with Crippen molar-refractivity contribution in [3.63, 3.8) is 0 Å². The zero-order valence-corrected chi connectivity index (χ0v) is 23.3. The number of nitriles is 1. The van der Waals surface area contributed by atoms with Crippen LogP contribution in [-0.2, 0) is 6.54 Å². The van der Waals surface area contributed by atoms with Gasteiger partial charge >= 0.3 is 0 Å². The molecule has 6 rings (SSSR count). The first-order valence-corrected chi connectivity index (χ1v) is 14.7. The molecule has 3 aromatic heterocycles. The maximum Gasteiger partial charge on any atom is 0.260 e. The van der Waals surface area contributed by atoms with Crippen LogP contribution in [0.4, 0.5) is 25.5 Å². The molecule has 4 aromatic rings. The van der Waals surface area contributed by atoms with Gasteiger partial charge < -0.3 is 15.7 Å². The number of pyridine rings is 2. The number of nitrogens with one attached hydrogen (secondary N) is 2. The Kier molecular flexibility index (Phi) is 7.79. The highest BCUT2D eigenvalue weighted by molar-refractivity contribution is 7.22. The molecule has 0 unspecified atom stereocenters. The quantitative estimate of drug-likeness (QED) is 0.235. The highest BCUT2D eigenvalue weighted by Crippen LogP contribution is 2.33. The van der Waals surface area contributed by atoms with Gasteiger partial charge in [-0.15, -0.1) is 0 Å². The molecule has 1 aliphatic heterocycles. The number of likely N-dealkylation sites (tertiary alicyclic amines) is 1. The number of aromatic nitrogens is 3. The number of aliphatic hydroxyl groups is 1. The van der Waals surface area contributed by atoms with Crippen molar-refractivity contribution in [1.29, 1.82) is 5.26 Å². The van der Waals surface area contributed by atoms with E-state index in [4.69, 9.17) is 9.97 Å². The van der Waals surface area contributed by atoms with Gasteiger partial charge in [-0.05, 0) is 80.1 Å². The minimum atomic E-state index is -2.66. The molecule has 41 heavy (non-hydrogen) atoms. The average molecular weight is 576 g/mol. The Hall–Kier alpha value is -3.72. The van der Waals surface area contributed by atoms with Crippen molar-refractivity contribution in [2.45, 2.75) is 63.1 Å². The molecule has 11 heteroatoms. The molecule has 1 saturated carbocycles. The predicted molar refractivity (Wildman–Crippen MR) is 156 cm³/mol. The van der Waals surface area contributed by atoms with Crippen LogP contribution in [0, 0.1) is 11.3 Å². The van der Waals surface area contributed by atoms with E-state index in [0.717, 1.165) is 52.6 Å². The monoisotopic (exact) mass is 575 g/mol. The lowest BCUT2D eigenvalue weighted by atomic mass is 9.93. The highest BCUT2D eigenvalue weighted by Gasteiger charge is 2.35. The number of fused-ring (bicyclic) bond motifs is 1. The molecular weight excluding hydrogens is 544 g/mol. The van der Waals surface area contributed by atoms with E-state index in [1.54, 1.807) is 11.1 Å². The number of nitrogens with zero attached hydrogens (tertiary/aromatic N) is 5. The van der Waals surface area contributed by atoms with E-state index in [1.807, 2.05) is 36.4 Å². The van der Waals surface area contributed by atoms with Crippen molar-refractivity contribution < 1.29 is 13.9 Å². The maximum atomic E-state index is 14.1. The van der Waals surface area contributed by atoms with Crippen molar-refractivity contribution in [2.75, 3.05) is 23.7 Å². The molecule has 2 aliphatic rings. The largest absolute Gasteiger partial charge is 0.393 e. The molecule has 4 heterocycles. The molecule has 0 bridgehead atoms. The summed E-state index contributed by atoms with van der Waals surface area (Å²) in [7, 11) is 0. The van der Waals surface area contributed by atoms with Crippen LogP contribution >= 0.6 is 11.3 Å². The van der Waals surface area contributed by atoms with E-state index in [2.05, 4.69) is 21.7 Å². The first kappa shape index (κ1) is 27.4. The number of alkyl halides is 2. The number of hydrogen-bond donors (Lipinski definition) is 3. The summed E-state index contributed by atoms with van der Waals surface area (Å²) < 4.78 is 29.2. The second kappa shape index (κ2) is 11.6. The van der Waals surface area contributed by atoms with Crippen LogP contribution in [0.3, 0.4) is 0 Å². The van der Waals surface area contributed by atoms with E-state index < -0.39 is 5.92 Å². The summed E-state index contributed by atoms with van der Waals surface area (Å²) in [5.74, 6) is -1.39. The molecule has 1 saturated heterocycles. The Morgan fingerprint density at radius 2 is 1.88 bits per heavy atom. The zero-order valence-electron chi connectivity index (χ0n) is 22.5. The zero-order chi connectivity index (χ0) is 28.4. The number of thiazole rings is 1. The van der Waals surface area contributed by atoms with Gasteiger partial charge in [-0.25, -0.2) is 18.7 Å². The van der Waals surface area contributed by atoms with Crippen LogP contribution in [0.15, 0.2) is 48.8 Å². The minimum Gasteiger partial charge on any atom is -0.393 e. The summed E-state index contributed by atoms with van der Waals surface area (Å²) in [6, 6.07) is 13.9. The predicted octanol–water partition coefficient (Wildman–Crippen LogP) is 6.32. The number of aliphatic hydroxyl groups excluding tert-OH is 1. The van der Waals surface area contributed by atoms with E-state index in [0.29, 0.717) is 41.8 Å². The summed E-state index contributed by atoms with van der Waals surface area (Å²) in [5.41, 5.74) is 4.03. The lowest BCUT2D eigenvalue weighted by molar-refractivity contribution is -0.0661.